The van der Waals surface area contributed by atoms with Crippen LogP contribution in [0.4, 0.5) is 11.5 Å². The molecule has 0 unspecified atom stereocenters. The van der Waals surface area contributed by atoms with E-state index in [-0.39, 0.29) is 11.6 Å². The van der Waals surface area contributed by atoms with Crippen molar-refractivity contribution in [2.24, 2.45) is 0 Å². The zero-order valence-corrected chi connectivity index (χ0v) is 11.6. The molecule has 0 bridgehead atoms. The van der Waals surface area contributed by atoms with Crippen molar-refractivity contribution in [2.75, 3.05) is 17.7 Å². The van der Waals surface area contributed by atoms with Crippen LogP contribution in [-0.4, -0.2) is 22.9 Å². The Kier molecular flexibility index (Phi) is 3.30. The van der Waals surface area contributed by atoms with E-state index in [1.807, 2.05) is 29.6 Å². The highest BCUT2D eigenvalue weighted by Crippen LogP contribution is 2.24. The smallest absolute Gasteiger partial charge is 0.275 e. The molecule has 1 amide bonds. The number of hydrogen-bond donors (Lipinski definition) is 2. The Balaban J connectivity index is 1.80. The van der Waals surface area contributed by atoms with Gasteiger partial charge in [-0.05, 0) is 35.0 Å². The van der Waals surface area contributed by atoms with Crippen molar-refractivity contribution >= 4 is 38.8 Å². The van der Waals surface area contributed by atoms with Crippen LogP contribution in [-0.2, 0) is 0 Å². The maximum absolute atomic E-state index is 12.1. The molecule has 0 saturated carbocycles. The van der Waals surface area contributed by atoms with Crippen LogP contribution in [0.5, 0.6) is 0 Å². The number of fused-ring (bicyclic) bond motifs is 1. The van der Waals surface area contributed by atoms with Crippen molar-refractivity contribution in [3.8, 4) is 0 Å². The molecule has 100 valence electrons. The third-order valence-electron chi connectivity index (χ3n) is 2.85. The van der Waals surface area contributed by atoms with Crippen LogP contribution in [0, 0.1) is 0 Å². The van der Waals surface area contributed by atoms with E-state index in [1.165, 1.54) is 17.1 Å². The molecule has 0 aliphatic carbocycles. The first-order valence-electron chi connectivity index (χ1n) is 6.04. The lowest BCUT2D eigenvalue weighted by Crippen LogP contribution is -2.14. The number of hydrogen-bond acceptors (Lipinski definition) is 5. The molecule has 1 aromatic carbocycles. The van der Waals surface area contributed by atoms with Gasteiger partial charge in [0.05, 0.1) is 12.4 Å². The van der Waals surface area contributed by atoms with E-state index in [0.717, 1.165) is 11.1 Å². The topological polar surface area (TPSA) is 66.9 Å². The van der Waals surface area contributed by atoms with E-state index >= 15 is 0 Å². The second-order valence-corrected chi connectivity index (χ2v) is 5.11. The van der Waals surface area contributed by atoms with Crippen molar-refractivity contribution < 1.29 is 4.79 Å². The molecule has 6 heteroatoms. The lowest BCUT2D eigenvalue weighted by Gasteiger charge is -2.05. The normalized spacial score (nSPS) is 10.4. The predicted molar refractivity (Wildman–Crippen MR) is 81.4 cm³/mol. The SMILES string of the molecule is CNc1cnc(C(=O)Nc2ccc3sccc3c2)cn1. The molecular formula is C14H12N4OS. The third kappa shape index (κ3) is 2.46. The number of carbonyl (C=O) groups is 1. The molecular weight excluding hydrogens is 272 g/mol. The Bertz CT molecular complexity index is 751. The zero-order chi connectivity index (χ0) is 13.9. The molecule has 3 rings (SSSR count). The molecule has 0 aliphatic rings. The summed E-state index contributed by atoms with van der Waals surface area (Å²) >= 11 is 1.67. The maximum atomic E-state index is 12.1. The summed E-state index contributed by atoms with van der Waals surface area (Å²) < 4.78 is 1.20. The quantitative estimate of drug-likeness (QED) is 0.776. The minimum atomic E-state index is -0.269. The summed E-state index contributed by atoms with van der Waals surface area (Å²) in [5.41, 5.74) is 1.04. The van der Waals surface area contributed by atoms with E-state index in [0.29, 0.717) is 5.82 Å². The van der Waals surface area contributed by atoms with Crippen LogP contribution in [0.1, 0.15) is 10.5 Å². The number of carbonyl (C=O) groups excluding carboxylic acids is 1. The minimum Gasteiger partial charge on any atom is -0.372 e. The highest BCUT2D eigenvalue weighted by Gasteiger charge is 2.08. The van der Waals surface area contributed by atoms with Gasteiger partial charge in [-0.15, -0.1) is 11.3 Å². The van der Waals surface area contributed by atoms with Crippen LogP contribution >= 0.6 is 11.3 Å². The summed E-state index contributed by atoms with van der Waals surface area (Å²) in [7, 11) is 1.75. The number of rotatable bonds is 3. The molecule has 0 aliphatic heterocycles. The van der Waals surface area contributed by atoms with Crippen LogP contribution in [0.15, 0.2) is 42.0 Å². The van der Waals surface area contributed by atoms with Gasteiger partial charge in [-0.3, -0.25) is 4.79 Å². The van der Waals surface area contributed by atoms with Crippen LogP contribution in [0.3, 0.4) is 0 Å². The average Bonchev–Trinajstić information content (AvgIpc) is 2.95. The van der Waals surface area contributed by atoms with Gasteiger partial charge < -0.3 is 10.6 Å². The first-order chi connectivity index (χ1) is 9.76. The lowest BCUT2D eigenvalue weighted by molar-refractivity contribution is 0.102. The van der Waals surface area contributed by atoms with Gasteiger partial charge >= 0.3 is 0 Å². The summed E-state index contributed by atoms with van der Waals surface area (Å²) in [5.74, 6) is 0.357. The van der Waals surface area contributed by atoms with Gasteiger partial charge in [0.1, 0.15) is 11.5 Å². The molecule has 20 heavy (non-hydrogen) atoms. The first-order valence-corrected chi connectivity index (χ1v) is 6.92. The standard InChI is InChI=1S/C14H12N4OS/c1-15-13-8-16-11(7-17-13)14(19)18-10-2-3-12-9(6-10)4-5-20-12/h2-8H,1H3,(H,15,17)(H,18,19). The molecule has 0 radical (unpaired) electrons. The summed E-state index contributed by atoms with van der Waals surface area (Å²) in [5, 5.41) is 8.82. The summed E-state index contributed by atoms with van der Waals surface area (Å²) in [4.78, 5) is 20.2. The average molecular weight is 284 g/mol. The zero-order valence-electron chi connectivity index (χ0n) is 10.8. The number of anilines is 2. The van der Waals surface area contributed by atoms with E-state index < -0.39 is 0 Å². The van der Waals surface area contributed by atoms with Gasteiger partial charge in [-0.1, -0.05) is 0 Å². The Morgan fingerprint density at radius 3 is 2.85 bits per heavy atom. The fourth-order valence-corrected chi connectivity index (χ4v) is 2.58. The van der Waals surface area contributed by atoms with E-state index in [4.69, 9.17) is 0 Å². The number of nitrogens with zero attached hydrogens (tertiary/aromatic N) is 2. The van der Waals surface area contributed by atoms with Gasteiger partial charge in [-0.2, -0.15) is 0 Å². The highest BCUT2D eigenvalue weighted by molar-refractivity contribution is 7.17. The highest BCUT2D eigenvalue weighted by atomic mass is 32.1. The van der Waals surface area contributed by atoms with Crippen molar-refractivity contribution in [3.05, 3.63) is 47.7 Å². The maximum Gasteiger partial charge on any atom is 0.275 e. The summed E-state index contributed by atoms with van der Waals surface area (Å²) in [6.45, 7) is 0. The molecule has 0 spiro atoms. The Hall–Kier alpha value is -2.47. The molecule has 0 fully saturated rings. The Labute approximate surface area is 119 Å². The first kappa shape index (κ1) is 12.6. The predicted octanol–water partition coefficient (Wildman–Crippen LogP) is 2.99. The van der Waals surface area contributed by atoms with Crippen LogP contribution < -0.4 is 10.6 Å². The number of aromatic nitrogens is 2. The summed E-state index contributed by atoms with van der Waals surface area (Å²) in [6, 6.07) is 7.84. The van der Waals surface area contributed by atoms with Gasteiger partial charge in [-0.25, -0.2) is 9.97 Å². The lowest BCUT2D eigenvalue weighted by atomic mass is 10.2. The van der Waals surface area contributed by atoms with E-state index in [2.05, 4.69) is 20.6 Å². The van der Waals surface area contributed by atoms with Crippen LogP contribution in [0.2, 0.25) is 0 Å². The van der Waals surface area contributed by atoms with Crippen LogP contribution in [0.25, 0.3) is 10.1 Å². The number of benzene rings is 1. The van der Waals surface area contributed by atoms with Crippen molar-refractivity contribution in [1.82, 2.24) is 9.97 Å². The second kappa shape index (κ2) is 5.26. The molecule has 2 heterocycles. The van der Waals surface area contributed by atoms with E-state index in [9.17, 15) is 4.79 Å². The number of amides is 1. The fraction of sp³-hybridized carbons (Fsp3) is 0.0714. The summed E-state index contributed by atoms with van der Waals surface area (Å²) in [6.07, 6.45) is 2.97. The monoisotopic (exact) mass is 284 g/mol. The number of thiophene rings is 1. The third-order valence-corrected chi connectivity index (χ3v) is 3.75. The second-order valence-electron chi connectivity index (χ2n) is 4.16. The van der Waals surface area contributed by atoms with Crippen molar-refractivity contribution in [1.29, 1.82) is 0 Å². The molecule has 2 aromatic heterocycles. The molecule has 5 nitrogen and oxygen atoms in total. The van der Waals surface area contributed by atoms with E-state index in [1.54, 1.807) is 18.4 Å². The van der Waals surface area contributed by atoms with Gasteiger partial charge in [0.15, 0.2) is 0 Å². The minimum absolute atomic E-state index is 0.269. The van der Waals surface area contributed by atoms with Gasteiger partial charge in [0, 0.05) is 17.4 Å². The molecule has 0 atom stereocenters. The molecule has 2 N–H and O–H groups in total. The Morgan fingerprint density at radius 2 is 2.10 bits per heavy atom. The fourth-order valence-electron chi connectivity index (χ4n) is 1.81. The van der Waals surface area contributed by atoms with Crippen molar-refractivity contribution in [2.45, 2.75) is 0 Å². The van der Waals surface area contributed by atoms with Gasteiger partial charge in [0.2, 0.25) is 0 Å². The molecule has 3 aromatic rings. The van der Waals surface area contributed by atoms with Gasteiger partial charge in [0.25, 0.3) is 5.91 Å². The molecule has 0 saturated heterocycles. The number of nitrogens with one attached hydrogen (secondary N) is 2. The Morgan fingerprint density at radius 1 is 1.20 bits per heavy atom. The van der Waals surface area contributed by atoms with Crippen molar-refractivity contribution in [3.63, 3.8) is 0 Å². The largest absolute Gasteiger partial charge is 0.372 e.